The van der Waals surface area contributed by atoms with Gasteiger partial charge in [0.1, 0.15) is 0 Å². The average Bonchev–Trinajstić information content (AvgIpc) is 1.99. The van der Waals surface area contributed by atoms with Crippen molar-refractivity contribution in [3.8, 4) is 0 Å². The van der Waals surface area contributed by atoms with Gasteiger partial charge in [-0.1, -0.05) is 36.8 Å². The first-order valence-electron chi connectivity index (χ1n) is 4.82. The van der Waals surface area contributed by atoms with Crippen molar-refractivity contribution < 1.29 is 0 Å². The van der Waals surface area contributed by atoms with Crippen molar-refractivity contribution in [3.05, 3.63) is 35.4 Å². The molecule has 0 radical (unpaired) electrons. The Kier molecular flexibility index (Phi) is 1.92. The van der Waals surface area contributed by atoms with Gasteiger partial charge < -0.3 is 0 Å². The molecule has 0 spiro atoms. The lowest BCUT2D eigenvalue weighted by molar-refractivity contribution is 0.288. The SMILES string of the molecule is Cc1cccc(C2CC(C)C2)c1. The second-order valence-electron chi connectivity index (χ2n) is 4.19. The maximum Gasteiger partial charge on any atom is -0.0157 e. The summed E-state index contributed by atoms with van der Waals surface area (Å²) >= 11 is 0. The fourth-order valence-electron chi connectivity index (χ4n) is 2.10. The molecule has 0 atom stereocenters. The third-order valence-electron chi connectivity index (χ3n) is 2.89. The number of aryl methyl sites for hydroxylation is 1. The van der Waals surface area contributed by atoms with Crippen molar-refractivity contribution in [2.24, 2.45) is 5.92 Å². The van der Waals surface area contributed by atoms with Crippen LogP contribution in [0.25, 0.3) is 0 Å². The Morgan fingerprint density at radius 2 is 2.00 bits per heavy atom. The predicted molar refractivity (Wildman–Crippen MR) is 52.3 cm³/mol. The summed E-state index contributed by atoms with van der Waals surface area (Å²) in [6.45, 7) is 4.51. The molecule has 1 aromatic carbocycles. The lowest BCUT2D eigenvalue weighted by Gasteiger charge is -2.33. The van der Waals surface area contributed by atoms with Gasteiger partial charge in [0.15, 0.2) is 0 Å². The minimum atomic E-state index is 0.861. The molecule has 1 saturated carbocycles. The fourth-order valence-corrected chi connectivity index (χ4v) is 2.10. The molecule has 0 heteroatoms. The summed E-state index contributed by atoms with van der Waals surface area (Å²) in [5.41, 5.74) is 2.94. The standard InChI is InChI=1S/C12H16/c1-9-4-3-5-11(6-9)12-7-10(2)8-12/h3-6,10,12H,7-8H2,1-2H3. The molecular weight excluding hydrogens is 144 g/mol. The minimum Gasteiger partial charge on any atom is -0.0625 e. The van der Waals surface area contributed by atoms with Gasteiger partial charge in [0.25, 0.3) is 0 Å². The van der Waals surface area contributed by atoms with E-state index in [-0.39, 0.29) is 0 Å². The number of hydrogen-bond acceptors (Lipinski definition) is 0. The summed E-state index contributed by atoms with van der Waals surface area (Å²) < 4.78 is 0. The molecule has 0 aromatic heterocycles. The lowest BCUT2D eigenvalue weighted by atomic mass is 9.72. The first kappa shape index (κ1) is 7.85. The molecule has 0 unspecified atom stereocenters. The van der Waals surface area contributed by atoms with Crippen LogP contribution in [-0.4, -0.2) is 0 Å². The molecule has 12 heavy (non-hydrogen) atoms. The Labute approximate surface area is 74.6 Å². The lowest BCUT2D eigenvalue weighted by Crippen LogP contribution is -2.18. The number of rotatable bonds is 1. The summed E-state index contributed by atoms with van der Waals surface area (Å²) in [5.74, 6) is 1.82. The first-order chi connectivity index (χ1) is 5.75. The summed E-state index contributed by atoms with van der Waals surface area (Å²) in [4.78, 5) is 0. The van der Waals surface area contributed by atoms with Crippen LogP contribution in [0.3, 0.4) is 0 Å². The van der Waals surface area contributed by atoms with E-state index in [2.05, 4.69) is 38.1 Å². The highest BCUT2D eigenvalue weighted by atomic mass is 14.3. The summed E-state index contributed by atoms with van der Waals surface area (Å²) in [7, 11) is 0. The molecule has 0 heterocycles. The maximum atomic E-state index is 2.34. The van der Waals surface area contributed by atoms with Crippen LogP contribution in [0.1, 0.15) is 36.8 Å². The zero-order valence-corrected chi connectivity index (χ0v) is 7.88. The van der Waals surface area contributed by atoms with Crippen molar-refractivity contribution in [2.75, 3.05) is 0 Å². The molecular formula is C12H16. The molecule has 1 aromatic rings. The van der Waals surface area contributed by atoms with Crippen LogP contribution in [0.5, 0.6) is 0 Å². The van der Waals surface area contributed by atoms with Crippen LogP contribution in [0.4, 0.5) is 0 Å². The quantitative estimate of drug-likeness (QED) is 0.589. The molecule has 1 aliphatic carbocycles. The monoisotopic (exact) mass is 160 g/mol. The van der Waals surface area contributed by atoms with E-state index >= 15 is 0 Å². The van der Waals surface area contributed by atoms with E-state index in [4.69, 9.17) is 0 Å². The third kappa shape index (κ3) is 1.38. The van der Waals surface area contributed by atoms with Crippen LogP contribution in [0.15, 0.2) is 24.3 Å². The van der Waals surface area contributed by atoms with Gasteiger partial charge >= 0.3 is 0 Å². The molecule has 1 fully saturated rings. The number of hydrogen-bond donors (Lipinski definition) is 0. The first-order valence-corrected chi connectivity index (χ1v) is 4.82. The van der Waals surface area contributed by atoms with Crippen LogP contribution in [-0.2, 0) is 0 Å². The normalized spacial score (nSPS) is 28.2. The highest BCUT2D eigenvalue weighted by molar-refractivity contribution is 5.26. The smallest absolute Gasteiger partial charge is 0.0157 e. The summed E-state index contributed by atoms with van der Waals surface area (Å²) in [5, 5.41) is 0. The Hall–Kier alpha value is -0.780. The van der Waals surface area contributed by atoms with Gasteiger partial charge in [-0.15, -0.1) is 0 Å². The summed E-state index contributed by atoms with van der Waals surface area (Å²) in [6.07, 6.45) is 2.78. The van der Waals surface area contributed by atoms with Crippen LogP contribution >= 0.6 is 0 Å². The van der Waals surface area contributed by atoms with Crippen LogP contribution < -0.4 is 0 Å². The molecule has 1 aliphatic rings. The minimum absolute atomic E-state index is 0.861. The van der Waals surface area contributed by atoms with Crippen LogP contribution in [0, 0.1) is 12.8 Å². The van der Waals surface area contributed by atoms with E-state index in [0.717, 1.165) is 11.8 Å². The van der Waals surface area contributed by atoms with Gasteiger partial charge in [0.2, 0.25) is 0 Å². The molecule has 0 saturated heterocycles. The maximum absolute atomic E-state index is 2.34. The van der Waals surface area contributed by atoms with E-state index in [1.807, 2.05) is 0 Å². The predicted octanol–water partition coefficient (Wildman–Crippen LogP) is 3.51. The van der Waals surface area contributed by atoms with E-state index in [1.54, 1.807) is 5.56 Å². The second kappa shape index (κ2) is 2.93. The highest BCUT2D eigenvalue weighted by Crippen LogP contribution is 2.41. The zero-order chi connectivity index (χ0) is 8.55. The van der Waals surface area contributed by atoms with E-state index < -0.39 is 0 Å². The van der Waals surface area contributed by atoms with Crippen LogP contribution in [0.2, 0.25) is 0 Å². The molecule has 64 valence electrons. The zero-order valence-electron chi connectivity index (χ0n) is 7.88. The largest absolute Gasteiger partial charge is 0.0625 e. The van der Waals surface area contributed by atoms with Crippen molar-refractivity contribution in [3.63, 3.8) is 0 Å². The van der Waals surface area contributed by atoms with Crippen molar-refractivity contribution in [2.45, 2.75) is 32.6 Å². The average molecular weight is 160 g/mol. The van der Waals surface area contributed by atoms with Gasteiger partial charge in [0, 0.05) is 0 Å². The molecule has 0 bridgehead atoms. The third-order valence-corrected chi connectivity index (χ3v) is 2.89. The molecule has 0 aliphatic heterocycles. The highest BCUT2D eigenvalue weighted by Gasteiger charge is 2.26. The summed E-state index contributed by atoms with van der Waals surface area (Å²) in [6, 6.07) is 8.94. The Balaban J connectivity index is 2.13. The van der Waals surface area contributed by atoms with Gasteiger partial charge in [-0.3, -0.25) is 0 Å². The van der Waals surface area contributed by atoms with Gasteiger partial charge in [-0.2, -0.15) is 0 Å². The van der Waals surface area contributed by atoms with E-state index in [1.165, 1.54) is 18.4 Å². The molecule has 0 N–H and O–H groups in total. The second-order valence-corrected chi connectivity index (χ2v) is 4.19. The Morgan fingerprint density at radius 3 is 2.58 bits per heavy atom. The van der Waals surface area contributed by atoms with Gasteiger partial charge in [-0.05, 0) is 37.2 Å². The fraction of sp³-hybridized carbons (Fsp3) is 0.500. The van der Waals surface area contributed by atoms with Gasteiger partial charge in [0.05, 0.1) is 0 Å². The Morgan fingerprint density at radius 1 is 1.25 bits per heavy atom. The topological polar surface area (TPSA) is 0 Å². The Bertz CT molecular complexity index is 269. The van der Waals surface area contributed by atoms with E-state index in [0.29, 0.717) is 0 Å². The molecule has 2 rings (SSSR count). The molecule has 0 amide bonds. The van der Waals surface area contributed by atoms with Crippen molar-refractivity contribution in [1.29, 1.82) is 0 Å². The number of benzene rings is 1. The van der Waals surface area contributed by atoms with Crippen molar-refractivity contribution in [1.82, 2.24) is 0 Å². The van der Waals surface area contributed by atoms with E-state index in [9.17, 15) is 0 Å². The van der Waals surface area contributed by atoms with Crippen molar-refractivity contribution >= 4 is 0 Å². The van der Waals surface area contributed by atoms with Gasteiger partial charge in [-0.25, -0.2) is 0 Å². The molecule has 0 nitrogen and oxygen atoms in total.